The summed E-state index contributed by atoms with van der Waals surface area (Å²) in [4.78, 5) is 27.6. The maximum Gasteiger partial charge on any atom is 0.309 e. The van der Waals surface area contributed by atoms with Gasteiger partial charge in [-0.3, -0.25) is 14.6 Å². The normalized spacial score (nSPS) is 11.5. The quantitative estimate of drug-likeness (QED) is 0.845. The highest BCUT2D eigenvalue weighted by Crippen LogP contribution is 2.12. The van der Waals surface area contributed by atoms with Crippen LogP contribution in [-0.2, 0) is 16.1 Å². The first-order chi connectivity index (χ1) is 10.6. The van der Waals surface area contributed by atoms with Gasteiger partial charge in [0.1, 0.15) is 5.82 Å². The molecule has 114 valence electrons. The van der Waals surface area contributed by atoms with E-state index in [4.69, 9.17) is 0 Å². The van der Waals surface area contributed by atoms with Crippen molar-refractivity contribution in [1.82, 2.24) is 15.6 Å². The summed E-state index contributed by atoms with van der Waals surface area (Å²) in [6.07, 6.45) is 1.61. The second-order valence-corrected chi connectivity index (χ2v) is 4.75. The van der Waals surface area contributed by atoms with E-state index >= 15 is 0 Å². The number of pyridine rings is 1. The molecule has 0 radical (unpaired) electrons. The van der Waals surface area contributed by atoms with E-state index in [0.29, 0.717) is 11.3 Å². The molecule has 0 unspecified atom stereocenters. The summed E-state index contributed by atoms with van der Waals surface area (Å²) in [5.74, 6) is -1.83. The van der Waals surface area contributed by atoms with Gasteiger partial charge in [-0.1, -0.05) is 18.2 Å². The minimum Gasteiger partial charge on any atom is -0.342 e. The molecule has 2 aromatic rings. The van der Waals surface area contributed by atoms with Crippen LogP contribution in [0.2, 0.25) is 0 Å². The lowest BCUT2D eigenvalue weighted by Gasteiger charge is -2.14. The highest BCUT2D eigenvalue weighted by molar-refractivity contribution is 6.35. The van der Waals surface area contributed by atoms with E-state index in [9.17, 15) is 14.0 Å². The molecule has 0 saturated carbocycles. The molecule has 22 heavy (non-hydrogen) atoms. The van der Waals surface area contributed by atoms with E-state index in [1.807, 2.05) is 0 Å². The topological polar surface area (TPSA) is 71.1 Å². The third-order valence-corrected chi connectivity index (χ3v) is 3.08. The van der Waals surface area contributed by atoms with E-state index in [1.165, 1.54) is 12.1 Å². The number of aromatic nitrogens is 1. The Morgan fingerprint density at radius 1 is 1.14 bits per heavy atom. The SMILES string of the molecule is C[C@@H](NC(=O)C(=O)NCc1ccccn1)c1ccc(F)cc1. The van der Waals surface area contributed by atoms with Crippen molar-refractivity contribution in [3.63, 3.8) is 0 Å². The van der Waals surface area contributed by atoms with Crippen molar-refractivity contribution in [2.45, 2.75) is 19.5 Å². The highest BCUT2D eigenvalue weighted by Gasteiger charge is 2.16. The fraction of sp³-hybridized carbons (Fsp3) is 0.188. The summed E-state index contributed by atoms with van der Waals surface area (Å²) in [6, 6.07) is 10.7. The molecular formula is C16H16FN3O2. The minimum atomic E-state index is -0.743. The number of carbonyl (C=O) groups excluding carboxylic acids is 2. The molecule has 1 heterocycles. The monoisotopic (exact) mass is 301 g/mol. The van der Waals surface area contributed by atoms with Crippen molar-refractivity contribution in [2.75, 3.05) is 0 Å². The Morgan fingerprint density at radius 2 is 1.86 bits per heavy atom. The number of nitrogens with one attached hydrogen (secondary N) is 2. The number of amides is 2. The minimum absolute atomic E-state index is 0.179. The van der Waals surface area contributed by atoms with Gasteiger partial charge < -0.3 is 10.6 Å². The number of halogens is 1. The van der Waals surface area contributed by atoms with Gasteiger partial charge in [-0.2, -0.15) is 0 Å². The lowest BCUT2D eigenvalue weighted by Crippen LogP contribution is -2.40. The molecule has 0 bridgehead atoms. The van der Waals surface area contributed by atoms with Gasteiger partial charge >= 0.3 is 11.8 Å². The van der Waals surface area contributed by atoms with Crippen molar-refractivity contribution < 1.29 is 14.0 Å². The first-order valence-electron chi connectivity index (χ1n) is 6.80. The Kier molecular flexibility index (Phi) is 5.19. The highest BCUT2D eigenvalue weighted by atomic mass is 19.1. The summed E-state index contributed by atoms with van der Waals surface area (Å²) >= 11 is 0. The Labute approximate surface area is 127 Å². The zero-order valence-electron chi connectivity index (χ0n) is 12.0. The van der Waals surface area contributed by atoms with Crippen molar-refractivity contribution in [3.05, 3.63) is 65.7 Å². The third kappa shape index (κ3) is 4.37. The molecule has 0 aliphatic rings. The van der Waals surface area contributed by atoms with Crippen LogP contribution in [-0.4, -0.2) is 16.8 Å². The molecule has 1 atom stereocenters. The Balaban J connectivity index is 1.85. The van der Waals surface area contributed by atoms with Crippen LogP contribution in [0.15, 0.2) is 48.7 Å². The largest absolute Gasteiger partial charge is 0.342 e. The fourth-order valence-electron chi connectivity index (χ4n) is 1.85. The first-order valence-corrected chi connectivity index (χ1v) is 6.80. The smallest absolute Gasteiger partial charge is 0.309 e. The number of nitrogens with zero attached hydrogens (tertiary/aromatic N) is 1. The summed E-state index contributed by atoms with van der Waals surface area (Å²) in [7, 11) is 0. The third-order valence-electron chi connectivity index (χ3n) is 3.08. The Hall–Kier alpha value is -2.76. The molecule has 1 aromatic carbocycles. The predicted octanol–water partition coefficient (Wildman–Crippen LogP) is 1.71. The fourth-order valence-corrected chi connectivity index (χ4v) is 1.85. The van der Waals surface area contributed by atoms with Gasteiger partial charge in [-0.15, -0.1) is 0 Å². The van der Waals surface area contributed by atoms with Gasteiger partial charge in [0.15, 0.2) is 0 Å². The van der Waals surface area contributed by atoms with Crippen molar-refractivity contribution in [3.8, 4) is 0 Å². The van der Waals surface area contributed by atoms with Gasteiger partial charge in [0, 0.05) is 6.20 Å². The number of hydrogen-bond donors (Lipinski definition) is 2. The van der Waals surface area contributed by atoms with Crippen molar-refractivity contribution in [2.24, 2.45) is 0 Å². The van der Waals surface area contributed by atoms with Crippen LogP contribution in [0.4, 0.5) is 4.39 Å². The van der Waals surface area contributed by atoms with Crippen LogP contribution in [0.5, 0.6) is 0 Å². The average molecular weight is 301 g/mol. The molecule has 0 spiro atoms. The molecular weight excluding hydrogens is 285 g/mol. The Morgan fingerprint density at radius 3 is 2.50 bits per heavy atom. The van der Waals surface area contributed by atoms with Gasteiger partial charge in [-0.05, 0) is 36.8 Å². The zero-order valence-corrected chi connectivity index (χ0v) is 12.0. The lowest BCUT2D eigenvalue weighted by molar-refractivity contribution is -0.139. The molecule has 0 fully saturated rings. The van der Waals surface area contributed by atoms with E-state index in [2.05, 4.69) is 15.6 Å². The molecule has 0 aliphatic carbocycles. The molecule has 2 N–H and O–H groups in total. The summed E-state index contributed by atoms with van der Waals surface area (Å²) in [6.45, 7) is 1.90. The standard InChI is InChI=1S/C16H16FN3O2/c1-11(12-5-7-13(17)8-6-12)20-16(22)15(21)19-10-14-4-2-3-9-18-14/h2-9,11H,10H2,1H3,(H,19,21)(H,20,22)/t11-/m1/s1. The van der Waals surface area contributed by atoms with Crippen LogP contribution in [0.3, 0.4) is 0 Å². The predicted molar refractivity (Wildman–Crippen MR) is 79.0 cm³/mol. The number of benzene rings is 1. The van der Waals surface area contributed by atoms with Gasteiger partial charge in [0.2, 0.25) is 0 Å². The second kappa shape index (κ2) is 7.31. The lowest BCUT2D eigenvalue weighted by atomic mass is 10.1. The zero-order chi connectivity index (χ0) is 15.9. The first kappa shape index (κ1) is 15.6. The number of carbonyl (C=O) groups is 2. The van der Waals surface area contributed by atoms with Gasteiger partial charge in [0.05, 0.1) is 18.3 Å². The van der Waals surface area contributed by atoms with Crippen molar-refractivity contribution >= 4 is 11.8 Å². The second-order valence-electron chi connectivity index (χ2n) is 4.75. The molecule has 5 nitrogen and oxygen atoms in total. The number of hydrogen-bond acceptors (Lipinski definition) is 3. The summed E-state index contributed by atoms with van der Waals surface area (Å²) < 4.78 is 12.8. The maximum absolute atomic E-state index is 12.8. The van der Waals surface area contributed by atoms with Crippen LogP contribution >= 0.6 is 0 Å². The summed E-state index contributed by atoms with van der Waals surface area (Å²) in [5.41, 5.74) is 1.38. The average Bonchev–Trinajstić information content (AvgIpc) is 2.54. The van der Waals surface area contributed by atoms with E-state index in [0.717, 1.165) is 0 Å². The van der Waals surface area contributed by atoms with Crippen LogP contribution in [0.25, 0.3) is 0 Å². The van der Waals surface area contributed by atoms with E-state index in [-0.39, 0.29) is 12.4 Å². The molecule has 0 saturated heterocycles. The Bertz CT molecular complexity index is 644. The van der Waals surface area contributed by atoms with E-state index < -0.39 is 17.9 Å². The van der Waals surface area contributed by atoms with Crippen LogP contribution < -0.4 is 10.6 Å². The van der Waals surface area contributed by atoms with E-state index in [1.54, 1.807) is 43.5 Å². The summed E-state index contributed by atoms with van der Waals surface area (Å²) in [5, 5.41) is 5.05. The number of rotatable bonds is 4. The molecule has 2 rings (SSSR count). The molecule has 2 amide bonds. The molecule has 6 heteroatoms. The van der Waals surface area contributed by atoms with Gasteiger partial charge in [-0.25, -0.2) is 4.39 Å². The van der Waals surface area contributed by atoms with Crippen LogP contribution in [0, 0.1) is 5.82 Å². The van der Waals surface area contributed by atoms with Crippen LogP contribution in [0.1, 0.15) is 24.2 Å². The molecule has 0 aliphatic heterocycles. The molecule has 1 aromatic heterocycles. The van der Waals surface area contributed by atoms with Gasteiger partial charge in [0.25, 0.3) is 0 Å². The maximum atomic E-state index is 12.8. The van der Waals surface area contributed by atoms with Crippen molar-refractivity contribution in [1.29, 1.82) is 0 Å².